The minimum Gasteiger partial charge on any atom is -0.480 e. The van der Waals surface area contributed by atoms with Crippen LogP contribution in [0.2, 0.25) is 5.02 Å². The van der Waals surface area contributed by atoms with E-state index in [0.717, 1.165) is 5.56 Å². The molecule has 0 aliphatic heterocycles. The van der Waals surface area contributed by atoms with Gasteiger partial charge in [0.05, 0.1) is 0 Å². The summed E-state index contributed by atoms with van der Waals surface area (Å²) in [5, 5.41) is 12.1. The predicted octanol–water partition coefficient (Wildman–Crippen LogP) is 2.03. The SMILES string of the molecule is CNC(=O)C(C)(Cc1ccc(C)cc1Cl)C(=O)O. The molecule has 0 saturated carbocycles. The Morgan fingerprint density at radius 2 is 2.06 bits per heavy atom. The Kier molecular flexibility index (Phi) is 4.35. The second kappa shape index (κ2) is 5.40. The number of carboxylic acid groups (broad SMARTS) is 1. The molecule has 0 radical (unpaired) electrons. The Morgan fingerprint density at radius 1 is 1.44 bits per heavy atom. The minimum atomic E-state index is -1.52. The van der Waals surface area contributed by atoms with Crippen LogP contribution in [0.3, 0.4) is 0 Å². The highest BCUT2D eigenvalue weighted by atomic mass is 35.5. The Morgan fingerprint density at radius 3 is 2.50 bits per heavy atom. The van der Waals surface area contributed by atoms with Gasteiger partial charge in [-0.05, 0) is 37.5 Å². The fraction of sp³-hybridized carbons (Fsp3) is 0.385. The average Bonchev–Trinajstić information content (AvgIpc) is 2.31. The van der Waals surface area contributed by atoms with Crippen LogP contribution in [0, 0.1) is 12.3 Å². The molecule has 4 nitrogen and oxygen atoms in total. The summed E-state index contributed by atoms with van der Waals surface area (Å²) in [6.45, 7) is 3.29. The molecule has 0 aromatic heterocycles. The highest BCUT2D eigenvalue weighted by Crippen LogP contribution is 2.28. The number of aryl methyl sites for hydroxylation is 1. The van der Waals surface area contributed by atoms with Crippen molar-refractivity contribution < 1.29 is 14.7 Å². The Balaban J connectivity index is 3.12. The van der Waals surface area contributed by atoms with Gasteiger partial charge in [-0.3, -0.25) is 9.59 Å². The number of nitrogens with one attached hydrogen (secondary N) is 1. The number of hydrogen-bond acceptors (Lipinski definition) is 2. The molecule has 0 fully saturated rings. The topological polar surface area (TPSA) is 66.4 Å². The molecule has 0 heterocycles. The van der Waals surface area contributed by atoms with Gasteiger partial charge in [0.1, 0.15) is 5.41 Å². The molecule has 0 aliphatic rings. The van der Waals surface area contributed by atoms with Crippen molar-refractivity contribution in [1.82, 2.24) is 5.32 Å². The van der Waals surface area contributed by atoms with E-state index in [1.54, 1.807) is 12.1 Å². The van der Waals surface area contributed by atoms with Crippen molar-refractivity contribution in [3.05, 3.63) is 34.3 Å². The number of benzene rings is 1. The summed E-state index contributed by atoms with van der Waals surface area (Å²) in [7, 11) is 1.42. The molecule has 1 aromatic carbocycles. The van der Waals surface area contributed by atoms with Crippen molar-refractivity contribution in [3.8, 4) is 0 Å². The fourth-order valence-electron chi connectivity index (χ4n) is 1.71. The average molecular weight is 270 g/mol. The number of aliphatic carboxylic acids is 1. The van der Waals surface area contributed by atoms with E-state index in [2.05, 4.69) is 5.32 Å². The first kappa shape index (κ1) is 14.5. The van der Waals surface area contributed by atoms with Crippen LogP contribution in [0.1, 0.15) is 18.1 Å². The van der Waals surface area contributed by atoms with Crippen molar-refractivity contribution in [1.29, 1.82) is 0 Å². The second-order valence-corrected chi connectivity index (χ2v) is 4.90. The number of halogens is 1. The van der Waals surface area contributed by atoms with Gasteiger partial charge < -0.3 is 10.4 Å². The predicted molar refractivity (Wildman–Crippen MR) is 69.7 cm³/mol. The van der Waals surface area contributed by atoms with Crippen LogP contribution in [0.15, 0.2) is 18.2 Å². The number of carboxylic acids is 1. The summed E-state index contributed by atoms with van der Waals surface area (Å²) >= 11 is 6.06. The van der Waals surface area contributed by atoms with E-state index in [4.69, 9.17) is 11.6 Å². The highest BCUT2D eigenvalue weighted by Gasteiger charge is 2.41. The van der Waals surface area contributed by atoms with Crippen LogP contribution >= 0.6 is 11.6 Å². The Hall–Kier alpha value is -1.55. The first-order valence-corrected chi connectivity index (χ1v) is 5.89. The number of hydrogen-bond donors (Lipinski definition) is 2. The summed E-state index contributed by atoms with van der Waals surface area (Å²) < 4.78 is 0. The van der Waals surface area contributed by atoms with E-state index in [0.29, 0.717) is 10.6 Å². The van der Waals surface area contributed by atoms with Crippen LogP contribution in [-0.4, -0.2) is 24.0 Å². The van der Waals surface area contributed by atoms with Crippen molar-refractivity contribution in [2.75, 3.05) is 7.05 Å². The Bertz CT molecular complexity index is 487. The van der Waals surface area contributed by atoms with E-state index in [-0.39, 0.29) is 6.42 Å². The minimum absolute atomic E-state index is 0.0567. The van der Waals surface area contributed by atoms with Gasteiger partial charge in [0.15, 0.2) is 0 Å². The van der Waals surface area contributed by atoms with E-state index < -0.39 is 17.3 Å². The quantitative estimate of drug-likeness (QED) is 0.822. The number of carbonyl (C=O) groups is 2. The first-order chi connectivity index (χ1) is 8.31. The summed E-state index contributed by atoms with van der Waals surface area (Å²) in [5.74, 6) is -1.70. The maximum atomic E-state index is 11.7. The summed E-state index contributed by atoms with van der Waals surface area (Å²) in [5.41, 5.74) is 0.115. The van der Waals surface area contributed by atoms with Crippen LogP contribution in [-0.2, 0) is 16.0 Å². The lowest BCUT2D eigenvalue weighted by Gasteiger charge is -2.23. The lowest BCUT2D eigenvalue weighted by atomic mass is 9.82. The van der Waals surface area contributed by atoms with Gasteiger partial charge >= 0.3 is 5.97 Å². The second-order valence-electron chi connectivity index (χ2n) is 4.49. The van der Waals surface area contributed by atoms with Crippen molar-refractivity contribution in [3.63, 3.8) is 0 Å². The third kappa shape index (κ3) is 2.82. The molecule has 1 atom stereocenters. The van der Waals surface area contributed by atoms with Crippen LogP contribution in [0.5, 0.6) is 0 Å². The smallest absolute Gasteiger partial charge is 0.319 e. The number of rotatable bonds is 4. The van der Waals surface area contributed by atoms with Gasteiger partial charge in [-0.25, -0.2) is 0 Å². The maximum absolute atomic E-state index is 11.7. The Labute approximate surface area is 111 Å². The summed E-state index contributed by atoms with van der Waals surface area (Å²) in [4.78, 5) is 23.0. The van der Waals surface area contributed by atoms with Crippen LogP contribution in [0.4, 0.5) is 0 Å². The third-order valence-electron chi connectivity index (χ3n) is 2.95. The zero-order chi connectivity index (χ0) is 13.9. The molecule has 18 heavy (non-hydrogen) atoms. The standard InChI is InChI=1S/C13H16ClNO3/c1-8-4-5-9(10(14)6-8)7-13(2,12(17)18)11(16)15-3/h4-6H,7H2,1-3H3,(H,15,16)(H,17,18). The highest BCUT2D eigenvalue weighted by molar-refractivity contribution is 6.31. The maximum Gasteiger partial charge on any atom is 0.319 e. The van der Waals surface area contributed by atoms with Gasteiger partial charge in [-0.2, -0.15) is 0 Å². The molecule has 0 aliphatic carbocycles. The fourth-order valence-corrected chi connectivity index (χ4v) is 2.01. The van der Waals surface area contributed by atoms with E-state index >= 15 is 0 Å². The monoisotopic (exact) mass is 269 g/mol. The van der Waals surface area contributed by atoms with Crippen molar-refractivity contribution in [2.24, 2.45) is 5.41 Å². The molecule has 5 heteroatoms. The largest absolute Gasteiger partial charge is 0.480 e. The van der Waals surface area contributed by atoms with E-state index in [1.165, 1.54) is 14.0 Å². The molecular weight excluding hydrogens is 254 g/mol. The zero-order valence-electron chi connectivity index (χ0n) is 10.6. The molecule has 1 unspecified atom stereocenters. The van der Waals surface area contributed by atoms with Gasteiger partial charge in [-0.15, -0.1) is 0 Å². The van der Waals surface area contributed by atoms with Crippen LogP contribution < -0.4 is 5.32 Å². The van der Waals surface area contributed by atoms with Crippen molar-refractivity contribution in [2.45, 2.75) is 20.3 Å². The number of carbonyl (C=O) groups excluding carboxylic acids is 1. The molecule has 0 bridgehead atoms. The molecular formula is C13H16ClNO3. The summed E-state index contributed by atoms with van der Waals surface area (Å²) in [6.07, 6.45) is 0.0567. The molecule has 98 valence electrons. The van der Waals surface area contributed by atoms with Gasteiger partial charge in [0, 0.05) is 12.1 Å². The molecule has 1 aromatic rings. The molecule has 0 spiro atoms. The lowest BCUT2D eigenvalue weighted by molar-refractivity contribution is -0.154. The van der Waals surface area contributed by atoms with Crippen molar-refractivity contribution >= 4 is 23.5 Å². The summed E-state index contributed by atoms with van der Waals surface area (Å²) in [6, 6.07) is 5.35. The zero-order valence-corrected chi connectivity index (χ0v) is 11.3. The number of amides is 1. The third-order valence-corrected chi connectivity index (χ3v) is 3.30. The molecule has 1 amide bonds. The van der Waals surface area contributed by atoms with Gasteiger partial charge in [0.2, 0.25) is 5.91 Å². The lowest BCUT2D eigenvalue weighted by Crippen LogP contribution is -2.44. The van der Waals surface area contributed by atoms with Gasteiger partial charge in [0.25, 0.3) is 0 Å². The normalized spacial score (nSPS) is 13.8. The van der Waals surface area contributed by atoms with Crippen LogP contribution in [0.25, 0.3) is 0 Å². The van der Waals surface area contributed by atoms with E-state index in [1.807, 2.05) is 13.0 Å². The first-order valence-electron chi connectivity index (χ1n) is 5.52. The molecule has 2 N–H and O–H groups in total. The molecule has 0 saturated heterocycles. The van der Waals surface area contributed by atoms with E-state index in [9.17, 15) is 14.7 Å². The molecule has 1 rings (SSSR count). The van der Waals surface area contributed by atoms with Gasteiger partial charge in [-0.1, -0.05) is 23.7 Å².